The summed E-state index contributed by atoms with van der Waals surface area (Å²) in [5, 5.41) is 0. The molecular formula is C26H34N2. The third kappa shape index (κ3) is 3.74. The Balaban J connectivity index is 1.69. The summed E-state index contributed by atoms with van der Waals surface area (Å²) in [6, 6.07) is 13.6. The van der Waals surface area contributed by atoms with E-state index in [0.29, 0.717) is 0 Å². The summed E-state index contributed by atoms with van der Waals surface area (Å²) in [6.45, 7) is 11.7. The van der Waals surface area contributed by atoms with Gasteiger partial charge in [0.2, 0.25) is 0 Å². The first-order valence-corrected chi connectivity index (χ1v) is 10.9. The summed E-state index contributed by atoms with van der Waals surface area (Å²) in [6.07, 6.45) is 10.6. The molecule has 28 heavy (non-hydrogen) atoms. The lowest BCUT2D eigenvalue weighted by Gasteiger charge is -2.42. The van der Waals surface area contributed by atoms with Crippen molar-refractivity contribution in [2.24, 2.45) is 0 Å². The lowest BCUT2D eigenvalue weighted by Crippen LogP contribution is -2.33. The highest BCUT2D eigenvalue weighted by Gasteiger charge is 2.37. The van der Waals surface area contributed by atoms with E-state index in [1.54, 1.807) is 0 Å². The van der Waals surface area contributed by atoms with Gasteiger partial charge in [0.15, 0.2) is 0 Å². The van der Waals surface area contributed by atoms with Gasteiger partial charge in [0.25, 0.3) is 0 Å². The van der Waals surface area contributed by atoms with Crippen LogP contribution in [0.25, 0.3) is 11.3 Å². The Labute approximate surface area is 170 Å². The van der Waals surface area contributed by atoms with E-state index in [0.717, 1.165) is 31.0 Å². The van der Waals surface area contributed by atoms with Crippen LogP contribution >= 0.6 is 0 Å². The smallest absolute Gasteiger partial charge is 0.129 e. The van der Waals surface area contributed by atoms with E-state index in [9.17, 15) is 0 Å². The summed E-state index contributed by atoms with van der Waals surface area (Å²) < 4.78 is 0. The van der Waals surface area contributed by atoms with Crippen molar-refractivity contribution in [1.82, 2.24) is 4.98 Å². The molecule has 0 N–H and O–H groups in total. The molecule has 148 valence electrons. The zero-order valence-corrected chi connectivity index (χ0v) is 18.0. The number of hydrogen-bond donors (Lipinski definition) is 0. The molecule has 0 amide bonds. The molecule has 1 aliphatic heterocycles. The van der Waals surface area contributed by atoms with Crippen molar-refractivity contribution in [3.63, 3.8) is 0 Å². The second-order valence-electron chi connectivity index (χ2n) is 9.80. The van der Waals surface area contributed by atoms with Crippen LogP contribution in [0.15, 0.2) is 48.6 Å². The predicted molar refractivity (Wildman–Crippen MR) is 120 cm³/mol. The highest BCUT2D eigenvalue weighted by Crippen LogP contribution is 2.46. The largest absolute Gasteiger partial charge is 0.356 e. The third-order valence-electron chi connectivity index (χ3n) is 6.74. The maximum atomic E-state index is 5.07. The highest BCUT2D eigenvalue weighted by atomic mass is 15.2. The third-order valence-corrected chi connectivity index (χ3v) is 6.74. The molecule has 2 heteroatoms. The molecule has 0 atom stereocenters. The normalized spacial score (nSPS) is 22.1. The van der Waals surface area contributed by atoms with Crippen LogP contribution in [-0.2, 0) is 10.8 Å². The second-order valence-corrected chi connectivity index (χ2v) is 9.80. The zero-order valence-electron chi connectivity index (χ0n) is 18.0. The first kappa shape index (κ1) is 19.2. The Morgan fingerprint density at radius 2 is 1.57 bits per heavy atom. The van der Waals surface area contributed by atoms with E-state index in [1.165, 1.54) is 42.4 Å². The summed E-state index contributed by atoms with van der Waals surface area (Å²) >= 11 is 0. The Morgan fingerprint density at radius 1 is 0.821 bits per heavy atom. The maximum absolute atomic E-state index is 5.07. The Morgan fingerprint density at radius 3 is 2.39 bits per heavy atom. The first-order chi connectivity index (χ1) is 13.4. The van der Waals surface area contributed by atoms with Crippen molar-refractivity contribution in [2.75, 3.05) is 18.0 Å². The van der Waals surface area contributed by atoms with E-state index in [1.807, 2.05) is 0 Å². The number of pyridine rings is 1. The number of benzene rings is 1. The molecule has 1 aliphatic carbocycles. The van der Waals surface area contributed by atoms with Crippen LogP contribution < -0.4 is 4.90 Å². The number of allylic oxidation sites excluding steroid dienone is 1. The highest BCUT2D eigenvalue weighted by molar-refractivity contribution is 5.65. The zero-order chi connectivity index (χ0) is 19.8. The number of aromatic nitrogens is 1. The second kappa shape index (κ2) is 7.39. The molecule has 0 fully saturated rings. The van der Waals surface area contributed by atoms with E-state index in [-0.39, 0.29) is 10.8 Å². The van der Waals surface area contributed by atoms with Crippen LogP contribution in [0.5, 0.6) is 0 Å². The number of fused-ring (bicyclic) bond motifs is 1. The number of nitrogens with zero attached hydrogens (tertiary/aromatic N) is 2. The molecule has 0 saturated heterocycles. The summed E-state index contributed by atoms with van der Waals surface area (Å²) in [7, 11) is 0. The molecule has 0 spiro atoms. The van der Waals surface area contributed by atoms with Gasteiger partial charge in [-0.25, -0.2) is 4.98 Å². The quantitative estimate of drug-likeness (QED) is 0.547. The van der Waals surface area contributed by atoms with Gasteiger partial charge in [-0.1, -0.05) is 58.0 Å². The Hall–Kier alpha value is -2.09. The number of hydrogen-bond acceptors (Lipinski definition) is 2. The molecule has 2 aromatic rings. The fourth-order valence-electron chi connectivity index (χ4n) is 4.72. The average Bonchev–Trinajstić information content (AvgIpc) is 2.65. The lowest BCUT2D eigenvalue weighted by molar-refractivity contribution is 0.332. The van der Waals surface area contributed by atoms with Crippen molar-refractivity contribution in [2.45, 2.75) is 70.6 Å². The van der Waals surface area contributed by atoms with Gasteiger partial charge in [-0.2, -0.15) is 0 Å². The molecular weight excluding hydrogens is 340 g/mol. The molecule has 2 aliphatic rings. The average molecular weight is 375 g/mol. The van der Waals surface area contributed by atoms with Crippen LogP contribution in [0.1, 0.15) is 70.9 Å². The lowest BCUT2D eigenvalue weighted by atomic mass is 9.63. The molecule has 1 aromatic heterocycles. The minimum Gasteiger partial charge on any atom is -0.356 e. The van der Waals surface area contributed by atoms with Crippen molar-refractivity contribution < 1.29 is 0 Å². The summed E-state index contributed by atoms with van der Waals surface area (Å²) in [5.41, 5.74) is 5.85. The van der Waals surface area contributed by atoms with Crippen LogP contribution in [0.2, 0.25) is 0 Å². The SMILES string of the molecule is CC1(C)CCC(C)(C)c2cc(-c3cccc(N4CC/C=C\CCC4)n3)ccc21. The minimum absolute atomic E-state index is 0.230. The molecule has 0 unspecified atom stereocenters. The van der Waals surface area contributed by atoms with Crippen molar-refractivity contribution >= 4 is 5.82 Å². The van der Waals surface area contributed by atoms with Crippen LogP contribution in [0.3, 0.4) is 0 Å². The van der Waals surface area contributed by atoms with Crippen LogP contribution in [0, 0.1) is 0 Å². The van der Waals surface area contributed by atoms with Gasteiger partial charge in [-0.15, -0.1) is 0 Å². The minimum atomic E-state index is 0.230. The Kier molecular flexibility index (Phi) is 5.07. The molecule has 1 aromatic carbocycles. The standard InChI is InChI=1S/C26H34N2/c1-25(2)15-16-26(3,4)22-19-20(13-14-21(22)25)23-11-10-12-24(27-23)28-17-8-6-5-7-9-18-28/h5-6,10-14,19H,7-9,15-18H2,1-4H3/b6-5-. The van der Waals surface area contributed by atoms with Crippen molar-refractivity contribution in [1.29, 1.82) is 0 Å². The molecule has 2 nitrogen and oxygen atoms in total. The number of anilines is 1. The van der Waals surface area contributed by atoms with Crippen LogP contribution in [-0.4, -0.2) is 18.1 Å². The molecule has 4 rings (SSSR count). The molecule has 2 heterocycles. The van der Waals surface area contributed by atoms with E-state index in [4.69, 9.17) is 4.98 Å². The summed E-state index contributed by atoms with van der Waals surface area (Å²) in [4.78, 5) is 7.52. The van der Waals surface area contributed by atoms with Crippen LogP contribution in [0.4, 0.5) is 5.82 Å². The van der Waals surface area contributed by atoms with Gasteiger partial charge in [0, 0.05) is 18.7 Å². The van der Waals surface area contributed by atoms with Crippen molar-refractivity contribution in [3.8, 4) is 11.3 Å². The number of rotatable bonds is 2. The van der Waals surface area contributed by atoms with Gasteiger partial charge in [0.1, 0.15) is 5.82 Å². The van der Waals surface area contributed by atoms with Gasteiger partial charge >= 0.3 is 0 Å². The van der Waals surface area contributed by atoms with Gasteiger partial charge in [-0.05, 0) is 72.3 Å². The fourth-order valence-corrected chi connectivity index (χ4v) is 4.72. The van der Waals surface area contributed by atoms with E-state index in [2.05, 4.69) is 81.1 Å². The summed E-state index contributed by atoms with van der Waals surface area (Å²) in [5.74, 6) is 1.12. The maximum Gasteiger partial charge on any atom is 0.129 e. The van der Waals surface area contributed by atoms with Crippen molar-refractivity contribution in [3.05, 3.63) is 59.7 Å². The van der Waals surface area contributed by atoms with Gasteiger partial charge < -0.3 is 4.90 Å². The molecule has 0 bridgehead atoms. The fraction of sp³-hybridized carbons (Fsp3) is 0.500. The molecule has 0 saturated carbocycles. The first-order valence-electron chi connectivity index (χ1n) is 10.9. The van der Waals surface area contributed by atoms with Gasteiger partial charge in [-0.3, -0.25) is 0 Å². The van der Waals surface area contributed by atoms with Gasteiger partial charge in [0.05, 0.1) is 5.69 Å². The topological polar surface area (TPSA) is 16.1 Å². The monoisotopic (exact) mass is 374 g/mol. The Bertz CT molecular complexity index is 876. The van der Waals surface area contributed by atoms with E-state index >= 15 is 0 Å². The predicted octanol–water partition coefficient (Wildman–Crippen LogP) is 6.64. The van der Waals surface area contributed by atoms with E-state index < -0.39 is 0 Å². The molecule has 0 radical (unpaired) electrons.